The molecule has 0 heterocycles. The summed E-state index contributed by atoms with van der Waals surface area (Å²) in [6.45, 7) is 9.36. The minimum atomic E-state index is -0.224. The molecule has 0 bridgehead atoms. The molecule has 150 valence electrons. The van der Waals surface area contributed by atoms with E-state index in [4.69, 9.17) is 24.4 Å². The Kier molecular flexibility index (Phi) is 9.71. The van der Waals surface area contributed by atoms with Crippen LogP contribution in [0.5, 0.6) is 0 Å². The van der Waals surface area contributed by atoms with Gasteiger partial charge in [-0.15, -0.1) is 0 Å². The first-order valence-electron chi connectivity index (χ1n) is 9.15. The van der Waals surface area contributed by atoms with Gasteiger partial charge in [0.05, 0.1) is 0 Å². The zero-order valence-electron chi connectivity index (χ0n) is 16.4. The number of thiocarbonyl (C=S) groups is 2. The first-order chi connectivity index (χ1) is 13.4. The molecule has 0 amide bonds. The Morgan fingerprint density at radius 3 is 1.57 bits per heavy atom. The summed E-state index contributed by atoms with van der Waals surface area (Å²) in [5.74, 6) is -0.224. The molecule has 0 unspecified atom stereocenters. The van der Waals surface area contributed by atoms with E-state index in [1.807, 2.05) is 0 Å². The molecule has 2 rings (SSSR count). The minimum absolute atomic E-state index is 0.224. The predicted octanol–water partition coefficient (Wildman–Crippen LogP) is 6.43. The van der Waals surface area contributed by atoms with Crippen molar-refractivity contribution in [3.8, 4) is 0 Å². The molecule has 0 aliphatic heterocycles. The summed E-state index contributed by atoms with van der Waals surface area (Å²) in [5, 5.41) is 0. The van der Waals surface area contributed by atoms with Crippen molar-refractivity contribution in [2.45, 2.75) is 33.9 Å². The fraction of sp³-hybridized carbons (Fsp3) is 0.333. The van der Waals surface area contributed by atoms with Gasteiger partial charge in [-0.05, 0) is 65.6 Å². The van der Waals surface area contributed by atoms with E-state index in [-0.39, 0.29) is 5.82 Å². The molecule has 2 aromatic rings. The molecule has 0 N–H and O–H groups in total. The SMILES string of the molecule is CCN(Cc1ccc(C)cc1)C(=S)SSC(=S)N(CC)Cc1ccc(F)cc1. The van der Waals surface area contributed by atoms with E-state index in [1.165, 1.54) is 44.8 Å². The van der Waals surface area contributed by atoms with Crippen LogP contribution in [0.25, 0.3) is 0 Å². The maximum absolute atomic E-state index is 13.1. The minimum Gasteiger partial charge on any atom is -0.353 e. The molecule has 2 aromatic carbocycles. The van der Waals surface area contributed by atoms with Crippen LogP contribution in [0.2, 0.25) is 0 Å². The predicted molar refractivity (Wildman–Crippen MR) is 130 cm³/mol. The lowest BCUT2D eigenvalue weighted by Gasteiger charge is -2.25. The van der Waals surface area contributed by atoms with Crippen molar-refractivity contribution in [3.05, 3.63) is 71.0 Å². The molecule has 0 spiro atoms. The topological polar surface area (TPSA) is 6.48 Å². The monoisotopic (exact) mass is 452 g/mol. The first kappa shape index (κ1) is 23.1. The third-order valence-corrected chi connectivity index (χ3v) is 7.98. The highest BCUT2D eigenvalue weighted by Gasteiger charge is 2.14. The van der Waals surface area contributed by atoms with Crippen LogP contribution >= 0.6 is 46.0 Å². The van der Waals surface area contributed by atoms with Crippen LogP contribution in [0, 0.1) is 12.7 Å². The van der Waals surface area contributed by atoms with Crippen molar-refractivity contribution in [1.29, 1.82) is 0 Å². The zero-order valence-corrected chi connectivity index (χ0v) is 19.6. The molecular weight excluding hydrogens is 428 g/mol. The Morgan fingerprint density at radius 1 is 0.786 bits per heavy atom. The summed E-state index contributed by atoms with van der Waals surface area (Å²) in [4.78, 5) is 4.27. The average Bonchev–Trinajstić information content (AvgIpc) is 2.70. The molecule has 7 heteroatoms. The Hall–Kier alpha value is -1.15. The van der Waals surface area contributed by atoms with Gasteiger partial charge in [-0.1, -0.05) is 66.4 Å². The highest BCUT2D eigenvalue weighted by Crippen LogP contribution is 2.29. The van der Waals surface area contributed by atoms with Crippen LogP contribution in [0.4, 0.5) is 4.39 Å². The normalized spacial score (nSPS) is 10.6. The van der Waals surface area contributed by atoms with Gasteiger partial charge in [0.15, 0.2) is 0 Å². The Morgan fingerprint density at radius 2 is 1.18 bits per heavy atom. The van der Waals surface area contributed by atoms with Crippen molar-refractivity contribution in [2.24, 2.45) is 0 Å². The third kappa shape index (κ3) is 7.35. The van der Waals surface area contributed by atoms with Gasteiger partial charge in [0.1, 0.15) is 14.5 Å². The molecule has 0 aliphatic carbocycles. The highest BCUT2D eigenvalue weighted by atomic mass is 33.1. The Balaban J connectivity index is 1.88. The van der Waals surface area contributed by atoms with Crippen molar-refractivity contribution in [2.75, 3.05) is 13.1 Å². The lowest BCUT2D eigenvalue weighted by molar-refractivity contribution is 0.450. The quantitative estimate of drug-likeness (QED) is 0.365. The maximum Gasteiger partial charge on any atom is 0.147 e. The fourth-order valence-electron chi connectivity index (χ4n) is 2.51. The van der Waals surface area contributed by atoms with Gasteiger partial charge in [0.25, 0.3) is 0 Å². The second kappa shape index (κ2) is 11.8. The summed E-state index contributed by atoms with van der Waals surface area (Å²) in [6.07, 6.45) is 0. The number of aryl methyl sites for hydroxylation is 1. The number of benzene rings is 2. The van der Waals surface area contributed by atoms with Gasteiger partial charge in [-0.25, -0.2) is 4.39 Å². The lowest BCUT2D eigenvalue weighted by atomic mass is 10.1. The summed E-state index contributed by atoms with van der Waals surface area (Å²) in [7, 11) is 3.04. The molecule has 28 heavy (non-hydrogen) atoms. The zero-order chi connectivity index (χ0) is 20.5. The number of hydrogen-bond acceptors (Lipinski definition) is 4. The molecular formula is C21H25FN2S4. The van der Waals surface area contributed by atoms with E-state index >= 15 is 0 Å². The second-order valence-corrected chi connectivity index (χ2v) is 9.74. The van der Waals surface area contributed by atoms with Crippen LogP contribution < -0.4 is 0 Å². The number of hydrogen-bond donors (Lipinski definition) is 0. The molecule has 0 atom stereocenters. The van der Waals surface area contributed by atoms with Crippen LogP contribution in [0.1, 0.15) is 30.5 Å². The first-order valence-corrected chi connectivity index (χ1v) is 12.1. The third-order valence-electron chi connectivity index (χ3n) is 4.24. The van der Waals surface area contributed by atoms with E-state index < -0.39 is 0 Å². The smallest absolute Gasteiger partial charge is 0.147 e. The highest BCUT2D eigenvalue weighted by molar-refractivity contribution is 8.89. The second-order valence-electron chi connectivity index (χ2n) is 6.34. The van der Waals surface area contributed by atoms with Crippen LogP contribution in [0.3, 0.4) is 0 Å². The largest absolute Gasteiger partial charge is 0.353 e. The Bertz CT molecular complexity index is 710. The molecule has 0 radical (unpaired) electrons. The molecule has 0 saturated heterocycles. The summed E-state index contributed by atoms with van der Waals surface area (Å²) in [5.41, 5.74) is 3.54. The van der Waals surface area contributed by atoms with Crippen molar-refractivity contribution >= 4 is 54.7 Å². The van der Waals surface area contributed by atoms with E-state index in [1.54, 1.807) is 12.1 Å². The van der Waals surface area contributed by atoms with Gasteiger partial charge < -0.3 is 9.80 Å². The number of halogens is 1. The fourth-order valence-corrected chi connectivity index (χ4v) is 5.31. The van der Waals surface area contributed by atoms with Crippen molar-refractivity contribution in [3.63, 3.8) is 0 Å². The van der Waals surface area contributed by atoms with Crippen LogP contribution in [-0.4, -0.2) is 31.5 Å². The van der Waals surface area contributed by atoms with Gasteiger partial charge in [0, 0.05) is 26.2 Å². The van der Waals surface area contributed by atoms with Crippen LogP contribution in [0.15, 0.2) is 48.5 Å². The molecule has 0 aliphatic rings. The molecule has 2 nitrogen and oxygen atoms in total. The summed E-state index contributed by atoms with van der Waals surface area (Å²) >= 11 is 11.2. The lowest BCUT2D eigenvalue weighted by Crippen LogP contribution is -2.28. The van der Waals surface area contributed by atoms with E-state index in [0.717, 1.165) is 33.8 Å². The maximum atomic E-state index is 13.1. The van der Waals surface area contributed by atoms with Gasteiger partial charge >= 0.3 is 0 Å². The van der Waals surface area contributed by atoms with E-state index in [2.05, 4.69) is 54.8 Å². The molecule has 0 saturated carbocycles. The molecule has 0 aromatic heterocycles. The number of nitrogens with zero attached hydrogens (tertiary/aromatic N) is 2. The van der Waals surface area contributed by atoms with Crippen molar-refractivity contribution < 1.29 is 4.39 Å². The average molecular weight is 453 g/mol. The molecule has 0 fully saturated rings. The standard InChI is InChI=1S/C21H25FN2S4/c1-4-23(14-17-8-6-16(3)7-9-17)20(25)27-28-21(26)24(5-2)15-18-10-12-19(22)13-11-18/h6-13H,4-5,14-15H2,1-3H3. The van der Waals surface area contributed by atoms with Crippen molar-refractivity contribution in [1.82, 2.24) is 9.80 Å². The van der Waals surface area contributed by atoms with Gasteiger partial charge in [-0.2, -0.15) is 0 Å². The number of rotatable bonds is 6. The summed E-state index contributed by atoms with van der Waals surface area (Å²) in [6, 6.07) is 15.1. The van der Waals surface area contributed by atoms with Gasteiger partial charge in [-0.3, -0.25) is 0 Å². The van der Waals surface area contributed by atoms with Crippen LogP contribution in [-0.2, 0) is 13.1 Å². The van der Waals surface area contributed by atoms with Gasteiger partial charge in [0.2, 0.25) is 0 Å². The van der Waals surface area contributed by atoms with E-state index in [0.29, 0.717) is 6.54 Å². The Labute approximate surface area is 186 Å². The van der Waals surface area contributed by atoms with E-state index in [9.17, 15) is 4.39 Å². The summed E-state index contributed by atoms with van der Waals surface area (Å²) < 4.78 is 14.7.